The van der Waals surface area contributed by atoms with Crippen LogP contribution in [0.2, 0.25) is 0 Å². The van der Waals surface area contributed by atoms with E-state index in [0.717, 1.165) is 55.1 Å². The van der Waals surface area contributed by atoms with Crippen LogP contribution in [-0.2, 0) is 0 Å². The van der Waals surface area contributed by atoms with Gasteiger partial charge >= 0.3 is 0 Å². The van der Waals surface area contributed by atoms with E-state index in [2.05, 4.69) is 49.0 Å². The number of nitrogens with zero attached hydrogens (tertiary/aromatic N) is 4. The van der Waals surface area contributed by atoms with Gasteiger partial charge < -0.3 is 15.0 Å². The lowest BCUT2D eigenvalue weighted by Gasteiger charge is -2.35. The highest BCUT2D eigenvalue weighted by molar-refractivity contribution is 5.74. The van der Waals surface area contributed by atoms with Crippen molar-refractivity contribution in [2.75, 3.05) is 44.2 Å². The van der Waals surface area contributed by atoms with Crippen LogP contribution < -0.4 is 4.90 Å². The molecule has 24 heavy (non-hydrogen) atoms. The highest BCUT2D eigenvalue weighted by Gasteiger charge is 2.16. The molecular formula is C18H21N5O. The number of aromatic nitrogens is 3. The topological polar surface area (TPSA) is 68.3 Å². The molecule has 0 saturated carbocycles. The predicted molar refractivity (Wildman–Crippen MR) is 95.1 cm³/mol. The van der Waals surface area contributed by atoms with E-state index in [1.807, 2.05) is 18.5 Å². The van der Waals surface area contributed by atoms with Gasteiger partial charge in [-0.15, -0.1) is 0 Å². The molecule has 1 fully saturated rings. The van der Waals surface area contributed by atoms with Crippen LogP contribution in [0.15, 0.2) is 42.7 Å². The average molecular weight is 323 g/mol. The summed E-state index contributed by atoms with van der Waals surface area (Å²) in [7, 11) is 0. The Labute approximate surface area is 140 Å². The van der Waals surface area contributed by atoms with Gasteiger partial charge in [0.25, 0.3) is 0 Å². The maximum Gasteiger partial charge on any atom is 0.156 e. The van der Waals surface area contributed by atoms with Gasteiger partial charge in [-0.25, -0.2) is 9.97 Å². The van der Waals surface area contributed by atoms with Crippen LogP contribution in [0.25, 0.3) is 22.4 Å². The van der Waals surface area contributed by atoms with Gasteiger partial charge in [0.05, 0.1) is 18.5 Å². The van der Waals surface area contributed by atoms with Gasteiger partial charge in [0.2, 0.25) is 0 Å². The van der Waals surface area contributed by atoms with Crippen LogP contribution in [0.5, 0.6) is 0 Å². The number of nitrogens with one attached hydrogen (secondary N) is 1. The molecule has 0 aliphatic carbocycles. The monoisotopic (exact) mass is 323 g/mol. The van der Waals surface area contributed by atoms with Gasteiger partial charge in [-0.2, -0.15) is 0 Å². The summed E-state index contributed by atoms with van der Waals surface area (Å²) in [6.45, 7) is 4.99. The van der Waals surface area contributed by atoms with Crippen molar-refractivity contribution in [2.24, 2.45) is 0 Å². The first kappa shape index (κ1) is 15.1. The van der Waals surface area contributed by atoms with Crippen molar-refractivity contribution >= 4 is 16.9 Å². The van der Waals surface area contributed by atoms with Crippen molar-refractivity contribution in [3.05, 3.63) is 42.7 Å². The maximum absolute atomic E-state index is 9.02. The number of aromatic amines is 1. The second-order valence-electron chi connectivity index (χ2n) is 6.07. The van der Waals surface area contributed by atoms with Crippen LogP contribution in [0, 0.1) is 0 Å². The molecule has 3 aromatic rings. The molecule has 0 amide bonds. The third kappa shape index (κ3) is 2.98. The number of aliphatic hydroxyl groups excluding tert-OH is 1. The first-order valence-electron chi connectivity index (χ1n) is 8.32. The number of anilines is 1. The number of fused-ring (bicyclic) bond motifs is 1. The maximum atomic E-state index is 9.02. The Morgan fingerprint density at radius 3 is 2.58 bits per heavy atom. The summed E-state index contributed by atoms with van der Waals surface area (Å²) >= 11 is 0. The van der Waals surface area contributed by atoms with Crippen LogP contribution >= 0.6 is 0 Å². The van der Waals surface area contributed by atoms with E-state index in [4.69, 9.17) is 5.11 Å². The highest BCUT2D eigenvalue weighted by Crippen LogP contribution is 2.23. The van der Waals surface area contributed by atoms with Gasteiger partial charge in [0.1, 0.15) is 5.52 Å². The summed E-state index contributed by atoms with van der Waals surface area (Å²) in [6.07, 6.45) is 3.66. The van der Waals surface area contributed by atoms with Gasteiger partial charge in [-0.05, 0) is 18.2 Å². The van der Waals surface area contributed by atoms with Crippen molar-refractivity contribution in [3.8, 4) is 11.3 Å². The Hall–Kier alpha value is -2.44. The minimum absolute atomic E-state index is 0.237. The lowest BCUT2D eigenvalue weighted by molar-refractivity contribution is 0.189. The summed E-state index contributed by atoms with van der Waals surface area (Å²) in [5.41, 5.74) is 4.90. The molecule has 1 aliphatic heterocycles. The highest BCUT2D eigenvalue weighted by atomic mass is 16.3. The first-order chi connectivity index (χ1) is 11.8. The van der Waals surface area contributed by atoms with Crippen molar-refractivity contribution < 1.29 is 5.11 Å². The molecule has 0 spiro atoms. The third-order valence-corrected chi connectivity index (χ3v) is 4.58. The van der Waals surface area contributed by atoms with Crippen LogP contribution in [0.1, 0.15) is 0 Å². The fourth-order valence-electron chi connectivity index (χ4n) is 3.18. The van der Waals surface area contributed by atoms with Gasteiger partial charge in [-0.3, -0.25) is 4.90 Å². The normalized spacial score (nSPS) is 16.0. The second-order valence-corrected chi connectivity index (χ2v) is 6.07. The smallest absolute Gasteiger partial charge is 0.156 e. The lowest BCUT2D eigenvalue weighted by Crippen LogP contribution is -2.47. The van der Waals surface area contributed by atoms with Crippen molar-refractivity contribution in [1.29, 1.82) is 0 Å². The molecule has 6 heteroatoms. The number of hydrogen-bond donors (Lipinski definition) is 2. The number of β-amino-alcohol motifs (C(OH)–C–C–N with tert-alkyl or cyclic N) is 1. The fraction of sp³-hybridized carbons (Fsp3) is 0.333. The predicted octanol–water partition coefficient (Wildman–Crippen LogP) is 1.74. The Morgan fingerprint density at radius 2 is 1.83 bits per heavy atom. The van der Waals surface area contributed by atoms with Gasteiger partial charge in [-0.1, -0.05) is 12.1 Å². The molecule has 2 aromatic heterocycles. The van der Waals surface area contributed by atoms with E-state index in [-0.39, 0.29) is 6.61 Å². The average Bonchev–Trinajstić information content (AvgIpc) is 3.11. The summed E-state index contributed by atoms with van der Waals surface area (Å²) < 4.78 is 0. The Balaban J connectivity index is 1.48. The minimum Gasteiger partial charge on any atom is -0.395 e. The van der Waals surface area contributed by atoms with Crippen molar-refractivity contribution in [3.63, 3.8) is 0 Å². The molecule has 1 aliphatic rings. The minimum atomic E-state index is 0.237. The van der Waals surface area contributed by atoms with Crippen LogP contribution in [0.4, 0.5) is 5.69 Å². The summed E-state index contributed by atoms with van der Waals surface area (Å²) in [4.78, 5) is 16.8. The molecule has 1 aromatic carbocycles. The summed E-state index contributed by atoms with van der Waals surface area (Å²) in [5.74, 6) is 0. The molecule has 4 rings (SSSR count). The van der Waals surface area contributed by atoms with Crippen LogP contribution in [-0.4, -0.2) is 64.3 Å². The molecule has 6 nitrogen and oxygen atoms in total. The largest absolute Gasteiger partial charge is 0.395 e. The number of piperazine rings is 1. The zero-order chi connectivity index (χ0) is 16.4. The number of aliphatic hydroxyl groups is 1. The number of H-pyrrole nitrogens is 1. The van der Waals surface area contributed by atoms with Crippen LogP contribution in [0.3, 0.4) is 0 Å². The number of hydrogen-bond acceptors (Lipinski definition) is 5. The van der Waals surface area contributed by atoms with E-state index in [0.29, 0.717) is 0 Å². The molecule has 0 radical (unpaired) electrons. The number of rotatable bonds is 4. The van der Waals surface area contributed by atoms with E-state index in [1.165, 1.54) is 5.69 Å². The fourth-order valence-corrected chi connectivity index (χ4v) is 3.18. The Bertz CT molecular complexity index is 806. The van der Waals surface area contributed by atoms with E-state index in [9.17, 15) is 0 Å². The molecule has 0 bridgehead atoms. The first-order valence-corrected chi connectivity index (χ1v) is 8.32. The molecule has 0 unspecified atom stereocenters. The molecular weight excluding hydrogens is 302 g/mol. The molecule has 2 N–H and O–H groups in total. The second kappa shape index (κ2) is 6.59. The zero-order valence-electron chi connectivity index (χ0n) is 13.5. The Morgan fingerprint density at radius 1 is 1.04 bits per heavy atom. The molecule has 1 saturated heterocycles. The summed E-state index contributed by atoms with van der Waals surface area (Å²) in [5, 5.41) is 9.02. The van der Waals surface area contributed by atoms with E-state index >= 15 is 0 Å². The SMILES string of the molecule is OCCN1CCN(c2ccc(-c3cnc4[nH]ccc4n3)cc2)CC1. The Kier molecular flexibility index (Phi) is 4.15. The molecule has 124 valence electrons. The van der Waals surface area contributed by atoms with Crippen molar-refractivity contribution in [2.45, 2.75) is 0 Å². The van der Waals surface area contributed by atoms with E-state index < -0.39 is 0 Å². The van der Waals surface area contributed by atoms with Crippen molar-refractivity contribution in [1.82, 2.24) is 19.9 Å². The quantitative estimate of drug-likeness (QED) is 0.765. The third-order valence-electron chi connectivity index (χ3n) is 4.58. The molecule has 0 atom stereocenters. The zero-order valence-corrected chi connectivity index (χ0v) is 13.5. The summed E-state index contributed by atoms with van der Waals surface area (Å²) in [6, 6.07) is 10.5. The van der Waals surface area contributed by atoms with Gasteiger partial charge in [0, 0.05) is 50.2 Å². The standard InChI is InChI=1S/C18H21N5O/c24-12-11-22-7-9-23(10-8-22)15-3-1-14(2-4-15)17-13-20-18-16(21-17)5-6-19-18/h1-6,13,24H,7-12H2,(H,19,20). The molecule has 3 heterocycles. The van der Waals surface area contributed by atoms with Gasteiger partial charge in [0.15, 0.2) is 5.65 Å². The lowest BCUT2D eigenvalue weighted by atomic mass is 10.1. The van der Waals surface area contributed by atoms with E-state index in [1.54, 1.807) is 0 Å². The number of benzene rings is 1.